The largest absolute Gasteiger partial charge is 0.384 e. The molecule has 2 aromatic carbocycles. The molecule has 0 fully saturated rings. The number of amides is 1. The lowest BCUT2D eigenvalue weighted by Gasteiger charge is -2.10. The highest BCUT2D eigenvalue weighted by Crippen LogP contribution is 2.19. The van der Waals surface area contributed by atoms with E-state index in [9.17, 15) is 4.79 Å². The highest BCUT2D eigenvalue weighted by Gasteiger charge is 2.02. The molecule has 0 atom stereocenters. The molecule has 2 rings (SSSR count). The second-order valence-corrected chi connectivity index (χ2v) is 5.66. The van der Waals surface area contributed by atoms with Gasteiger partial charge < -0.3 is 10.6 Å². The molecule has 2 aromatic rings. The van der Waals surface area contributed by atoms with Crippen LogP contribution in [0.15, 0.2) is 48.5 Å². The van der Waals surface area contributed by atoms with Crippen molar-refractivity contribution in [3.63, 3.8) is 0 Å². The number of carbonyl (C=O) groups excluding carboxylic acids is 1. The van der Waals surface area contributed by atoms with Crippen molar-refractivity contribution >= 4 is 23.2 Å². The van der Waals surface area contributed by atoms with Gasteiger partial charge in [-0.05, 0) is 42.7 Å². The van der Waals surface area contributed by atoms with Crippen LogP contribution in [0, 0.1) is 6.92 Å². The number of halogens is 1. The maximum atomic E-state index is 11.8. The van der Waals surface area contributed by atoms with Crippen molar-refractivity contribution in [1.29, 1.82) is 0 Å². The Balaban J connectivity index is 1.65. The molecule has 0 aromatic heterocycles. The van der Waals surface area contributed by atoms with Crippen LogP contribution in [0.4, 0.5) is 5.69 Å². The molecule has 116 valence electrons. The second kappa shape index (κ2) is 8.44. The molecule has 4 heteroatoms. The molecule has 0 spiro atoms. The van der Waals surface area contributed by atoms with Gasteiger partial charge in [0.25, 0.3) is 0 Å². The summed E-state index contributed by atoms with van der Waals surface area (Å²) < 4.78 is 0. The number of rotatable bonds is 7. The van der Waals surface area contributed by atoms with Crippen LogP contribution in [-0.4, -0.2) is 19.0 Å². The minimum Gasteiger partial charge on any atom is -0.384 e. The van der Waals surface area contributed by atoms with Gasteiger partial charge in [0.1, 0.15) is 0 Å². The fraction of sp³-hybridized carbons (Fsp3) is 0.278. The van der Waals surface area contributed by atoms with Gasteiger partial charge in [0, 0.05) is 30.2 Å². The molecule has 0 bridgehead atoms. The Labute approximate surface area is 136 Å². The normalized spacial score (nSPS) is 10.3. The summed E-state index contributed by atoms with van der Waals surface area (Å²) in [6.45, 7) is 3.27. The summed E-state index contributed by atoms with van der Waals surface area (Å²) in [4.78, 5) is 11.8. The maximum Gasteiger partial charge on any atom is 0.221 e. The zero-order valence-electron chi connectivity index (χ0n) is 12.7. The average molecular weight is 317 g/mol. The third-order valence-corrected chi connectivity index (χ3v) is 3.67. The van der Waals surface area contributed by atoms with Crippen molar-refractivity contribution < 1.29 is 4.79 Å². The summed E-state index contributed by atoms with van der Waals surface area (Å²) in [5, 5.41) is 6.92. The number of carbonyl (C=O) groups is 1. The summed E-state index contributed by atoms with van der Waals surface area (Å²) in [5.74, 6) is 0.0649. The summed E-state index contributed by atoms with van der Waals surface area (Å²) in [6.07, 6.45) is 1.31. The zero-order valence-corrected chi connectivity index (χ0v) is 13.5. The molecule has 0 aliphatic carbocycles. The fourth-order valence-corrected chi connectivity index (χ4v) is 2.44. The van der Waals surface area contributed by atoms with Gasteiger partial charge in [0.05, 0.1) is 0 Å². The number of hydrogen-bond donors (Lipinski definition) is 2. The van der Waals surface area contributed by atoms with Gasteiger partial charge in [0.2, 0.25) is 5.91 Å². The first kappa shape index (κ1) is 16.4. The van der Waals surface area contributed by atoms with E-state index in [-0.39, 0.29) is 5.91 Å². The Hall–Kier alpha value is -2.00. The monoisotopic (exact) mass is 316 g/mol. The smallest absolute Gasteiger partial charge is 0.221 e. The van der Waals surface area contributed by atoms with E-state index in [0.29, 0.717) is 19.5 Å². The second-order valence-electron chi connectivity index (χ2n) is 5.22. The molecule has 2 N–H and O–H groups in total. The standard InChI is InChI=1S/C18H21ClN2O/c1-14-13-16(19)7-8-17(14)20-12-10-18(22)21-11-9-15-5-3-2-4-6-15/h2-8,13,20H,9-12H2,1H3,(H,21,22). The van der Waals surface area contributed by atoms with E-state index in [4.69, 9.17) is 11.6 Å². The molecule has 22 heavy (non-hydrogen) atoms. The molecule has 0 aliphatic rings. The van der Waals surface area contributed by atoms with Crippen LogP contribution in [0.5, 0.6) is 0 Å². The van der Waals surface area contributed by atoms with Gasteiger partial charge in [-0.1, -0.05) is 41.9 Å². The molecule has 0 heterocycles. The lowest BCUT2D eigenvalue weighted by atomic mass is 10.1. The van der Waals surface area contributed by atoms with E-state index in [2.05, 4.69) is 22.8 Å². The average Bonchev–Trinajstić information content (AvgIpc) is 2.50. The first-order chi connectivity index (χ1) is 10.6. The Morgan fingerprint density at radius 1 is 1.09 bits per heavy atom. The Bertz CT molecular complexity index is 614. The summed E-state index contributed by atoms with van der Waals surface area (Å²) in [6, 6.07) is 15.8. The van der Waals surface area contributed by atoms with Gasteiger partial charge >= 0.3 is 0 Å². The predicted octanol–water partition coefficient (Wildman–Crippen LogP) is 3.81. The SMILES string of the molecule is Cc1cc(Cl)ccc1NCCC(=O)NCCc1ccccc1. The number of aryl methyl sites for hydroxylation is 1. The van der Waals surface area contributed by atoms with Crippen LogP contribution >= 0.6 is 11.6 Å². The van der Waals surface area contributed by atoms with E-state index in [1.165, 1.54) is 5.56 Å². The third-order valence-electron chi connectivity index (χ3n) is 3.43. The fourth-order valence-electron chi connectivity index (χ4n) is 2.22. The Morgan fingerprint density at radius 3 is 2.59 bits per heavy atom. The van der Waals surface area contributed by atoms with Crippen molar-refractivity contribution in [2.24, 2.45) is 0 Å². The lowest BCUT2D eigenvalue weighted by Crippen LogP contribution is -2.27. The van der Waals surface area contributed by atoms with Crippen molar-refractivity contribution in [3.8, 4) is 0 Å². The molecule has 0 saturated carbocycles. The molecule has 1 amide bonds. The summed E-state index contributed by atoms with van der Waals surface area (Å²) >= 11 is 5.92. The Morgan fingerprint density at radius 2 is 1.86 bits per heavy atom. The van der Waals surface area contributed by atoms with Gasteiger partial charge in [-0.15, -0.1) is 0 Å². The Kier molecular flexibility index (Phi) is 6.28. The van der Waals surface area contributed by atoms with Crippen LogP contribution in [0.1, 0.15) is 17.5 Å². The van der Waals surface area contributed by atoms with E-state index in [1.807, 2.05) is 43.3 Å². The third kappa shape index (κ3) is 5.41. The first-order valence-electron chi connectivity index (χ1n) is 7.46. The van der Waals surface area contributed by atoms with Crippen LogP contribution in [0.3, 0.4) is 0 Å². The van der Waals surface area contributed by atoms with E-state index in [1.54, 1.807) is 0 Å². The van der Waals surface area contributed by atoms with Crippen LogP contribution in [0.2, 0.25) is 5.02 Å². The van der Waals surface area contributed by atoms with Crippen LogP contribution in [0.25, 0.3) is 0 Å². The first-order valence-corrected chi connectivity index (χ1v) is 7.83. The lowest BCUT2D eigenvalue weighted by molar-refractivity contribution is -0.120. The van der Waals surface area contributed by atoms with Crippen molar-refractivity contribution in [2.75, 3.05) is 18.4 Å². The molecule has 3 nitrogen and oxygen atoms in total. The van der Waals surface area contributed by atoms with Crippen LogP contribution in [-0.2, 0) is 11.2 Å². The number of anilines is 1. The van der Waals surface area contributed by atoms with E-state index >= 15 is 0 Å². The highest BCUT2D eigenvalue weighted by molar-refractivity contribution is 6.30. The zero-order chi connectivity index (χ0) is 15.8. The molecule has 0 radical (unpaired) electrons. The summed E-state index contributed by atoms with van der Waals surface area (Å²) in [7, 11) is 0. The quantitative estimate of drug-likeness (QED) is 0.815. The van der Waals surface area contributed by atoms with E-state index < -0.39 is 0 Å². The molecule has 0 aliphatic heterocycles. The summed E-state index contributed by atoms with van der Waals surface area (Å²) in [5.41, 5.74) is 3.33. The van der Waals surface area contributed by atoms with Gasteiger partial charge in [-0.2, -0.15) is 0 Å². The minimum atomic E-state index is 0.0649. The molecular formula is C18H21ClN2O. The van der Waals surface area contributed by atoms with Crippen molar-refractivity contribution in [2.45, 2.75) is 19.8 Å². The number of nitrogens with one attached hydrogen (secondary N) is 2. The van der Waals surface area contributed by atoms with Gasteiger partial charge in [-0.25, -0.2) is 0 Å². The topological polar surface area (TPSA) is 41.1 Å². The molecule has 0 saturated heterocycles. The molecular weight excluding hydrogens is 296 g/mol. The van der Waals surface area contributed by atoms with Gasteiger partial charge in [0.15, 0.2) is 0 Å². The minimum absolute atomic E-state index is 0.0649. The van der Waals surface area contributed by atoms with Crippen molar-refractivity contribution in [3.05, 3.63) is 64.7 Å². The number of benzene rings is 2. The highest BCUT2D eigenvalue weighted by atomic mass is 35.5. The molecule has 0 unspecified atom stereocenters. The van der Waals surface area contributed by atoms with E-state index in [0.717, 1.165) is 22.7 Å². The number of hydrogen-bond acceptors (Lipinski definition) is 2. The van der Waals surface area contributed by atoms with Crippen LogP contribution < -0.4 is 10.6 Å². The van der Waals surface area contributed by atoms with Crippen molar-refractivity contribution in [1.82, 2.24) is 5.32 Å². The van der Waals surface area contributed by atoms with Gasteiger partial charge in [-0.3, -0.25) is 4.79 Å². The maximum absolute atomic E-state index is 11.8. The predicted molar refractivity (Wildman–Crippen MR) is 92.5 cm³/mol.